The second-order valence-electron chi connectivity index (χ2n) is 26.2. The SMILES string of the molecule is CC(C)(C)c1cc2c3c(c1)N(c1c(-c4ccccc4)cccc1-c1ccccc1)c1cc4c5c(c1B3c1ccc(-c3ccccc3)cc1N2c1c(-c2ccccc2)cccc1-c1ccccc1)Oc1ccc(-c2ccccc2)cc1B5c1cc(-c2ccccc2)ccc1O4. The van der Waals surface area contributed by atoms with Crippen LogP contribution in [0.2, 0.25) is 0 Å². The van der Waals surface area contributed by atoms with E-state index in [2.05, 4.69) is 352 Å². The van der Waals surface area contributed by atoms with Crippen LogP contribution in [0.4, 0.5) is 34.1 Å². The summed E-state index contributed by atoms with van der Waals surface area (Å²) in [6.07, 6.45) is 0. The van der Waals surface area contributed by atoms with E-state index < -0.39 is 0 Å². The predicted octanol–water partition coefficient (Wildman–Crippen LogP) is 19.5. The fourth-order valence-corrected chi connectivity index (χ4v) is 15.3. The van der Waals surface area contributed by atoms with E-state index in [1.54, 1.807) is 0 Å². The van der Waals surface area contributed by atoms with Crippen LogP contribution in [0.5, 0.6) is 23.0 Å². The second kappa shape index (κ2) is 22.1. The lowest BCUT2D eigenvalue weighted by Gasteiger charge is -2.48. The van der Waals surface area contributed by atoms with E-state index in [0.29, 0.717) is 0 Å². The largest absolute Gasteiger partial charge is 0.459 e. The van der Waals surface area contributed by atoms with Gasteiger partial charge in [-0.15, -0.1) is 0 Å². The Balaban J connectivity index is 1.01. The fraction of sp³-hybridized carbons (Fsp3) is 0.0455. The maximum atomic E-state index is 8.00. The van der Waals surface area contributed by atoms with E-state index in [4.69, 9.17) is 9.47 Å². The van der Waals surface area contributed by atoms with Gasteiger partial charge in [0.2, 0.25) is 0 Å². The smallest absolute Gasteiger partial charge is 0.260 e. The zero-order chi connectivity index (χ0) is 62.6. The van der Waals surface area contributed by atoms with Gasteiger partial charge in [-0.05, 0) is 124 Å². The molecule has 94 heavy (non-hydrogen) atoms. The highest BCUT2D eigenvalue weighted by Gasteiger charge is 2.51. The van der Waals surface area contributed by atoms with Crippen molar-refractivity contribution in [3.63, 3.8) is 0 Å². The molecule has 0 radical (unpaired) electrons. The van der Waals surface area contributed by atoms with Crippen molar-refractivity contribution in [3.8, 4) is 101 Å². The molecule has 0 bridgehead atoms. The first-order chi connectivity index (χ1) is 46.3. The van der Waals surface area contributed by atoms with Crippen molar-refractivity contribution >= 4 is 80.3 Å². The third-order valence-corrected chi connectivity index (χ3v) is 19.7. The maximum absolute atomic E-state index is 8.00. The van der Waals surface area contributed by atoms with Gasteiger partial charge in [0, 0.05) is 56.5 Å². The summed E-state index contributed by atoms with van der Waals surface area (Å²) in [5.41, 5.74) is 29.8. The Kier molecular flexibility index (Phi) is 13.0. The molecule has 4 aliphatic rings. The number of anilines is 6. The lowest BCUT2D eigenvalue weighted by molar-refractivity contribution is 0.467. The highest BCUT2D eigenvalue weighted by molar-refractivity contribution is 7.03. The van der Waals surface area contributed by atoms with Crippen LogP contribution in [-0.4, -0.2) is 13.4 Å². The summed E-state index contributed by atoms with van der Waals surface area (Å²) in [7, 11) is 0. The second-order valence-corrected chi connectivity index (χ2v) is 26.2. The summed E-state index contributed by atoms with van der Waals surface area (Å²) >= 11 is 0. The van der Waals surface area contributed by atoms with Crippen LogP contribution in [-0.2, 0) is 5.41 Å². The number of rotatable bonds is 9. The molecule has 0 N–H and O–H groups in total. The van der Waals surface area contributed by atoms with E-state index in [0.717, 1.165) is 157 Å². The first-order valence-electron chi connectivity index (χ1n) is 32.7. The van der Waals surface area contributed by atoms with Gasteiger partial charge >= 0.3 is 0 Å². The molecular formula is C88H62B2N2O2. The molecule has 0 fully saturated rings. The van der Waals surface area contributed by atoms with Gasteiger partial charge in [-0.1, -0.05) is 306 Å². The van der Waals surface area contributed by atoms with Crippen LogP contribution < -0.4 is 52.1 Å². The first-order valence-corrected chi connectivity index (χ1v) is 32.7. The predicted molar refractivity (Wildman–Crippen MR) is 395 cm³/mol. The third kappa shape index (κ3) is 9.00. The van der Waals surface area contributed by atoms with E-state index in [9.17, 15) is 0 Å². The minimum Gasteiger partial charge on any atom is -0.459 e. The molecule has 0 spiro atoms. The summed E-state index contributed by atoms with van der Waals surface area (Å²) in [4.78, 5) is 5.27. The standard InChI is InChI=1S/C88H62B2N2O2/c1-88(2,3)67-54-76-82-77(55-67)92(86-70(62-37-21-9-22-38-62)43-26-44-71(86)63-39-23-10-24-40-63)78-56-81-84-87(94-80-50-47-65(58-29-13-5-14-30-58)52-74(80)89(84)73-51-64(46-49-79(73)93-81)57-27-11-4-12-28-57)83(78)90(82)72-48-45-66(59-31-15-6-16-32-59)53-75(72)91(76)85-68(60-33-17-7-18-34-60)41-25-42-69(85)61-35-19-8-20-36-61/h4-56H,1-3H3. The van der Waals surface area contributed by atoms with Gasteiger partial charge in [-0.3, -0.25) is 0 Å². The molecule has 4 aliphatic heterocycles. The number of benzene rings is 14. The lowest BCUT2D eigenvalue weighted by Crippen LogP contribution is -2.65. The molecule has 18 rings (SSSR count). The van der Waals surface area contributed by atoms with Gasteiger partial charge in [0.1, 0.15) is 23.0 Å². The first kappa shape index (κ1) is 55.3. The van der Waals surface area contributed by atoms with Crippen molar-refractivity contribution < 1.29 is 9.47 Å². The molecule has 0 aliphatic carbocycles. The van der Waals surface area contributed by atoms with Crippen molar-refractivity contribution in [1.29, 1.82) is 0 Å². The van der Waals surface area contributed by atoms with Crippen molar-refractivity contribution in [1.82, 2.24) is 0 Å². The number of para-hydroxylation sites is 2. The van der Waals surface area contributed by atoms with E-state index in [1.165, 1.54) is 16.5 Å². The van der Waals surface area contributed by atoms with Gasteiger partial charge in [0.15, 0.2) is 0 Å². The van der Waals surface area contributed by atoms with Gasteiger partial charge in [-0.2, -0.15) is 0 Å². The molecule has 14 aromatic carbocycles. The van der Waals surface area contributed by atoms with Crippen LogP contribution in [0.15, 0.2) is 322 Å². The average molecular weight is 1200 g/mol. The summed E-state index contributed by atoms with van der Waals surface area (Å²) < 4.78 is 15.6. The lowest BCUT2D eigenvalue weighted by atomic mass is 9.30. The number of fused-ring (bicyclic) bond motifs is 9. The van der Waals surface area contributed by atoms with E-state index >= 15 is 0 Å². The minimum absolute atomic E-state index is 0.268. The van der Waals surface area contributed by atoms with Crippen molar-refractivity contribution in [2.45, 2.75) is 26.2 Å². The fourth-order valence-electron chi connectivity index (χ4n) is 15.3. The molecule has 0 aromatic heterocycles. The Morgan fingerprint density at radius 2 is 0.617 bits per heavy atom. The number of ether oxygens (including phenoxy) is 2. The molecule has 4 heterocycles. The number of hydrogen-bond acceptors (Lipinski definition) is 4. The van der Waals surface area contributed by atoms with E-state index in [1.807, 2.05) is 0 Å². The molecule has 0 atom stereocenters. The number of hydrogen-bond donors (Lipinski definition) is 0. The molecule has 442 valence electrons. The quantitative estimate of drug-likeness (QED) is 0.135. The zero-order valence-electron chi connectivity index (χ0n) is 52.5. The molecule has 0 saturated heterocycles. The van der Waals surface area contributed by atoms with Crippen molar-refractivity contribution in [2.24, 2.45) is 0 Å². The normalized spacial score (nSPS) is 12.9. The van der Waals surface area contributed by atoms with Crippen molar-refractivity contribution in [2.75, 3.05) is 9.80 Å². The molecule has 6 heteroatoms. The van der Waals surface area contributed by atoms with Gasteiger partial charge in [0.25, 0.3) is 13.4 Å². The van der Waals surface area contributed by atoms with Gasteiger partial charge < -0.3 is 19.3 Å². The molecular weight excluding hydrogens is 1140 g/mol. The molecule has 14 aromatic rings. The molecule has 0 saturated carbocycles. The Morgan fingerprint density at radius 3 is 1.03 bits per heavy atom. The topological polar surface area (TPSA) is 24.9 Å². The molecule has 0 unspecified atom stereocenters. The highest BCUT2D eigenvalue weighted by Crippen LogP contribution is 2.55. The van der Waals surface area contributed by atoms with Crippen LogP contribution in [0.25, 0.3) is 77.9 Å². The summed E-state index contributed by atoms with van der Waals surface area (Å²) in [5, 5.41) is 0. The van der Waals surface area contributed by atoms with Crippen LogP contribution in [0, 0.1) is 0 Å². The number of nitrogens with zero attached hydrogens (tertiary/aromatic N) is 2. The van der Waals surface area contributed by atoms with Crippen molar-refractivity contribution in [3.05, 3.63) is 327 Å². The Bertz CT molecular complexity index is 5120. The Hall–Kier alpha value is -11.6. The van der Waals surface area contributed by atoms with E-state index in [-0.39, 0.29) is 18.8 Å². The van der Waals surface area contributed by atoms with Crippen LogP contribution in [0.1, 0.15) is 26.3 Å². The minimum atomic E-state index is -0.363. The summed E-state index contributed by atoms with van der Waals surface area (Å²) in [5.74, 6) is 3.25. The van der Waals surface area contributed by atoms with Crippen LogP contribution in [0.3, 0.4) is 0 Å². The van der Waals surface area contributed by atoms with Crippen LogP contribution >= 0.6 is 0 Å². The molecule has 4 nitrogen and oxygen atoms in total. The van der Waals surface area contributed by atoms with Gasteiger partial charge in [-0.25, -0.2) is 0 Å². The Labute approximate surface area is 550 Å². The third-order valence-electron chi connectivity index (χ3n) is 19.7. The Morgan fingerprint density at radius 1 is 0.255 bits per heavy atom. The summed E-state index contributed by atoms with van der Waals surface area (Å²) in [6.45, 7) is 6.45. The monoisotopic (exact) mass is 1200 g/mol. The molecule has 0 amide bonds. The summed E-state index contributed by atoms with van der Waals surface area (Å²) in [6, 6.07) is 118. The average Bonchev–Trinajstić information content (AvgIpc) is 0.677. The maximum Gasteiger partial charge on any atom is 0.260 e. The highest BCUT2D eigenvalue weighted by atomic mass is 16.5. The zero-order valence-corrected chi connectivity index (χ0v) is 52.5. The van der Waals surface area contributed by atoms with Gasteiger partial charge in [0.05, 0.1) is 11.4 Å².